The van der Waals surface area contributed by atoms with Crippen LogP contribution in [0.2, 0.25) is 0 Å². The fraction of sp³-hybridized carbons (Fsp3) is 0.417. The van der Waals surface area contributed by atoms with E-state index < -0.39 is 5.97 Å². The normalized spacial score (nSPS) is 21.1. The van der Waals surface area contributed by atoms with E-state index in [1.165, 1.54) is 11.1 Å². The van der Waals surface area contributed by atoms with Crippen LogP contribution in [0.15, 0.2) is 18.2 Å². The minimum Gasteiger partial charge on any atom is -0.478 e. The number of nitrogens with zero attached hydrogens (tertiary/aromatic N) is 1. The second-order valence-corrected chi connectivity index (χ2v) is 4.32. The molecule has 2 rings (SSSR count). The van der Waals surface area contributed by atoms with Crippen molar-refractivity contribution in [1.29, 1.82) is 0 Å². The molecule has 15 heavy (non-hydrogen) atoms. The number of carboxylic acids is 1. The van der Waals surface area contributed by atoms with Crippen LogP contribution in [-0.2, 0) is 6.54 Å². The number of carboxylic acid groups (broad SMARTS) is 1. The molecule has 0 aromatic heterocycles. The molecule has 0 aliphatic carbocycles. The van der Waals surface area contributed by atoms with E-state index in [9.17, 15) is 4.79 Å². The monoisotopic (exact) mass is 205 g/mol. The molecule has 0 amide bonds. The largest absolute Gasteiger partial charge is 0.478 e. The van der Waals surface area contributed by atoms with Crippen LogP contribution >= 0.6 is 0 Å². The molecular formula is C12H15NO2. The summed E-state index contributed by atoms with van der Waals surface area (Å²) in [6.07, 6.45) is 0. The smallest absolute Gasteiger partial charge is 0.335 e. The molecule has 80 valence electrons. The Hall–Kier alpha value is -1.35. The Morgan fingerprint density at radius 3 is 2.93 bits per heavy atom. The van der Waals surface area contributed by atoms with Gasteiger partial charge in [-0.2, -0.15) is 0 Å². The maximum absolute atomic E-state index is 10.8. The molecule has 1 unspecified atom stereocenters. The van der Waals surface area contributed by atoms with Gasteiger partial charge in [0.15, 0.2) is 0 Å². The molecule has 0 radical (unpaired) electrons. The number of fused-ring (bicyclic) bond motifs is 1. The lowest BCUT2D eigenvalue weighted by Crippen LogP contribution is -2.29. The number of carbonyl (C=O) groups is 1. The molecule has 0 saturated carbocycles. The average molecular weight is 205 g/mol. The van der Waals surface area contributed by atoms with Crippen LogP contribution in [0, 0.1) is 0 Å². The Labute approximate surface area is 89.3 Å². The Bertz CT molecular complexity index is 401. The highest BCUT2D eigenvalue weighted by Crippen LogP contribution is 2.27. The Morgan fingerprint density at radius 2 is 2.27 bits per heavy atom. The first-order valence-corrected chi connectivity index (χ1v) is 5.12. The topological polar surface area (TPSA) is 40.5 Å². The van der Waals surface area contributed by atoms with E-state index in [0.29, 0.717) is 11.5 Å². The number of aromatic carboxylic acids is 1. The van der Waals surface area contributed by atoms with Crippen LogP contribution in [0.5, 0.6) is 0 Å². The van der Waals surface area contributed by atoms with Gasteiger partial charge < -0.3 is 10.0 Å². The number of rotatable bonds is 1. The van der Waals surface area contributed by atoms with Crippen LogP contribution < -0.4 is 0 Å². The summed E-state index contributed by atoms with van der Waals surface area (Å²) in [4.78, 5) is 13.1. The van der Waals surface area contributed by atoms with Crippen molar-refractivity contribution in [3.8, 4) is 0 Å². The van der Waals surface area contributed by atoms with Gasteiger partial charge in [-0.05, 0) is 36.2 Å². The first-order chi connectivity index (χ1) is 7.08. The molecule has 1 aliphatic heterocycles. The minimum absolute atomic E-state index is 0.394. The van der Waals surface area contributed by atoms with Crippen LogP contribution in [0.3, 0.4) is 0 Å². The molecular weight excluding hydrogens is 190 g/mol. The third kappa shape index (κ3) is 1.88. The third-order valence-electron chi connectivity index (χ3n) is 2.95. The van der Waals surface area contributed by atoms with E-state index >= 15 is 0 Å². The molecule has 0 fully saturated rings. The quantitative estimate of drug-likeness (QED) is 0.761. The van der Waals surface area contributed by atoms with E-state index in [0.717, 1.165) is 13.1 Å². The van der Waals surface area contributed by atoms with Gasteiger partial charge in [0.2, 0.25) is 0 Å². The highest BCUT2D eigenvalue weighted by molar-refractivity contribution is 5.88. The number of benzene rings is 1. The Kier molecular flexibility index (Phi) is 2.49. The minimum atomic E-state index is -0.844. The first-order valence-electron chi connectivity index (χ1n) is 5.12. The second kappa shape index (κ2) is 3.66. The van der Waals surface area contributed by atoms with Crippen LogP contribution in [0.4, 0.5) is 0 Å². The molecule has 0 bridgehead atoms. The number of hydrogen-bond donors (Lipinski definition) is 1. The van der Waals surface area contributed by atoms with E-state index in [-0.39, 0.29) is 0 Å². The first kappa shape index (κ1) is 10.2. The van der Waals surface area contributed by atoms with Crippen molar-refractivity contribution < 1.29 is 9.90 Å². The lowest BCUT2D eigenvalue weighted by atomic mass is 9.90. The standard InChI is InChI=1S/C12H15NO2/c1-8-6-13(2)7-10-4-3-9(12(14)15)5-11(8)10/h3-5,8H,6-7H2,1-2H3,(H,14,15). The summed E-state index contributed by atoms with van der Waals surface area (Å²) < 4.78 is 0. The average Bonchev–Trinajstić information content (AvgIpc) is 2.16. The van der Waals surface area contributed by atoms with Gasteiger partial charge in [0.05, 0.1) is 5.56 Å². The number of hydrogen-bond acceptors (Lipinski definition) is 2. The van der Waals surface area contributed by atoms with E-state index in [1.54, 1.807) is 6.07 Å². The summed E-state index contributed by atoms with van der Waals surface area (Å²) in [6.45, 7) is 4.05. The molecule has 3 nitrogen and oxygen atoms in total. The molecule has 3 heteroatoms. The van der Waals surface area contributed by atoms with Gasteiger partial charge in [-0.3, -0.25) is 0 Å². The Balaban J connectivity index is 2.43. The lowest BCUT2D eigenvalue weighted by molar-refractivity contribution is 0.0696. The van der Waals surface area contributed by atoms with Crippen LogP contribution in [0.25, 0.3) is 0 Å². The summed E-state index contributed by atoms with van der Waals surface area (Å²) in [5, 5.41) is 8.91. The van der Waals surface area contributed by atoms with Crippen molar-refractivity contribution >= 4 is 5.97 Å². The molecule has 1 N–H and O–H groups in total. The van der Waals surface area contributed by atoms with Gasteiger partial charge in [0.25, 0.3) is 0 Å². The van der Waals surface area contributed by atoms with Crippen molar-refractivity contribution in [2.24, 2.45) is 0 Å². The van der Waals surface area contributed by atoms with Crippen molar-refractivity contribution in [3.05, 3.63) is 34.9 Å². The summed E-state index contributed by atoms with van der Waals surface area (Å²) in [5.41, 5.74) is 2.83. The fourth-order valence-corrected chi connectivity index (χ4v) is 2.25. The summed E-state index contributed by atoms with van der Waals surface area (Å²) in [5.74, 6) is -0.429. The van der Waals surface area contributed by atoms with E-state index in [2.05, 4.69) is 18.9 Å². The zero-order valence-corrected chi connectivity index (χ0v) is 9.03. The molecule has 1 aliphatic rings. The van der Waals surface area contributed by atoms with Gasteiger partial charge in [0.1, 0.15) is 0 Å². The molecule has 1 heterocycles. The lowest BCUT2D eigenvalue weighted by Gasteiger charge is -2.30. The molecule has 1 aromatic rings. The van der Waals surface area contributed by atoms with Crippen molar-refractivity contribution in [2.75, 3.05) is 13.6 Å². The van der Waals surface area contributed by atoms with Gasteiger partial charge in [-0.15, -0.1) is 0 Å². The SMILES string of the molecule is CC1CN(C)Cc2ccc(C(=O)O)cc21. The molecule has 0 spiro atoms. The Morgan fingerprint density at radius 1 is 1.53 bits per heavy atom. The predicted molar refractivity (Wildman–Crippen MR) is 58.2 cm³/mol. The molecule has 1 atom stereocenters. The van der Waals surface area contributed by atoms with Crippen LogP contribution in [-0.4, -0.2) is 29.6 Å². The van der Waals surface area contributed by atoms with Gasteiger partial charge in [-0.1, -0.05) is 13.0 Å². The van der Waals surface area contributed by atoms with Gasteiger partial charge in [0, 0.05) is 13.1 Å². The van der Waals surface area contributed by atoms with Gasteiger partial charge >= 0.3 is 5.97 Å². The van der Waals surface area contributed by atoms with E-state index in [4.69, 9.17) is 5.11 Å². The van der Waals surface area contributed by atoms with Crippen molar-refractivity contribution in [2.45, 2.75) is 19.4 Å². The van der Waals surface area contributed by atoms with E-state index in [1.807, 2.05) is 12.1 Å². The zero-order chi connectivity index (χ0) is 11.0. The molecule has 0 saturated heterocycles. The predicted octanol–water partition coefficient (Wildman–Crippen LogP) is 1.93. The maximum Gasteiger partial charge on any atom is 0.335 e. The maximum atomic E-state index is 10.8. The summed E-state index contributed by atoms with van der Waals surface area (Å²) in [7, 11) is 2.09. The summed E-state index contributed by atoms with van der Waals surface area (Å²) in [6, 6.07) is 5.44. The van der Waals surface area contributed by atoms with Crippen molar-refractivity contribution in [3.63, 3.8) is 0 Å². The highest BCUT2D eigenvalue weighted by Gasteiger charge is 2.20. The summed E-state index contributed by atoms with van der Waals surface area (Å²) >= 11 is 0. The second-order valence-electron chi connectivity index (χ2n) is 4.32. The van der Waals surface area contributed by atoms with Crippen LogP contribution in [0.1, 0.15) is 34.3 Å². The zero-order valence-electron chi connectivity index (χ0n) is 9.03. The third-order valence-corrected chi connectivity index (χ3v) is 2.95. The van der Waals surface area contributed by atoms with Gasteiger partial charge in [-0.25, -0.2) is 4.79 Å². The molecule has 1 aromatic carbocycles. The highest BCUT2D eigenvalue weighted by atomic mass is 16.4. The fourth-order valence-electron chi connectivity index (χ4n) is 2.25. The number of likely N-dealkylation sites (N-methyl/N-ethyl adjacent to an activating group) is 1. The van der Waals surface area contributed by atoms with Crippen molar-refractivity contribution in [1.82, 2.24) is 4.90 Å².